The summed E-state index contributed by atoms with van der Waals surface area (Å²) in [6.07, 6.45) is 5.47. The molecule has 0 spiro atoms. The third-order valence-corrected chi connectivity index (χ3v) is 3.24. The van der Waals surface area contributed by atoms with Gasteiger partial charge in [0.15, 0.2) is 0 Å². The Morgan fingerprint density at radius 3 is 2.84 bits per heavy atom. The standard InChI is InChI=1S/C16H26N2O/c1-3-4-5-7-13(2)18-16(19)15-9-6-8-14(12-15)10-11-17/h6,8-9,12-13H,3-5,7,10-11,17H2,1-2H3,(H,18,19). The van der Waals surface area contributed by atoms with Crippen LogP contribution in [0.2, 0.25) is 0 Å². The lowest BCUT2D eigenvalue weighted by molar-refractivity contribution is 0.0938. The zero-order chi connectivity index (χ0) is 14.1. The molecule has 0 heterocycles. The number of rotatable bonds is 8. The second-order valence-electron chi connectivity index (χ2n) is 5.11. The molecule has 3 heteroatoms. The second kappa shape index (κ2) is 8.70. The van der Waals surface area contributed by atoms with Crippen molar-refractivity contribution in [2.24, 2.45) is 5.73 Å². The van der Waals surface area contributed by atoms with E-state index in [1.807, 2.05) is 24.3 Å². The number of unbranched alkanes of at least 4 members (excludes halogenated alkanes) is 2. The molecule has 3 N–H and O–H groups in total. The van der Waals surface area contributed by atoms with E-state index in [9.17, 15) is 4.79 Å². The molecule has 1 atom stereocenters. The van der Waals surface area contributed by atoms with Crippen molar-refractivity contribution in [3.63, 3.8) is 0 Å². The number of carbonyl (C=O) groups excluding carboxylic acids is 1. The Hall–Kier alpha value is -1.35. The summed E-state index contributed by atoms with van der Waals surface area (Å²) in [6.45, 7) is 4.86. The third-order valence-electron chi connectivity index (χ3n) is 3.24. The minimum atomic E-state index is 0.0165. The van der Waals surface area contributed by atoms with E-state index in [4.69, 9.17) is 5.73 Å². The molecule has 1 aromatic rings. The van der Waals surface area contributed by atoms with Crippen LogP contribution in [0.1, 0.15) is 55.5 Å². The maximum atomic E-state index is 12.1. The first-order valence-electron chi connectivity index (χ1n) is 7.27. The van der Waals surface area contributed by atoms with Crippen molar-refractivity contribution in [1.82, 2.24) is 5.32 Å². The minimum absolute atomic E-state index is 0.0165. The Bertz CT molecular complexity index is 390. The van der Waals surface area contributed by atoms with Gasteiger partial charge >= 0.3 is 0 Å². The molecule has 1 amide bonds. The molecule has 0 saturated carbocycles. The molecule has 0 aliphatic carbocycles. The van der Waals surface area contributed by atoms with E-state index in [-0.39, 0.29) is 11.9 Å². The Labute approximate surface area is 116 Å². The number of nitrogens with two attached hydrogens (primary N) is 1. The summed E-state index contributed by atoms with van der Waals surface area (Å²) >= 11 is 0. The highest BCUT2D eigenvalue weighted by Gasteiger charge is 2.09. The SMILES string of the molecule is CCCCCC(C)NC(=O)c1cccc(CCN)c1. The first kappa shape index (κ1) is 15.7. The topological polar surface area (TPSA) is 55.1 Å². The minimum Gasteiger partial charge on any atom is -0.350 e. The van der Waals surface area contributed by atoms with E-state index < -0.39 is 0 Å². The molecular weight excluding hydrogens is 236 g/mol. The van der Waals surface area contributed by atoms with Crippen LogP contribution in [0.3, 0.4) is 0 Å². The van der Waals surface area contributed by atoms with Crippen molar-refractivity contribution < 1.29 is 4.79 Å². The number of amides is 1. The lowest BCUT2D eigenvalue weighted by Crippen LogP contribution is -2.32. The molecule has 1 unspecified atom stereocenters. The van der Waals surface area contributed by atoms with Crippen LogP contribution in [-0.2, 0) is 6.42 Å². The molecule has 19 heavy (non-hydrogen) atoms. The Morgan fingerprint density at radius 1 is 1.37 bits per heavy atom. The molecule has 0 radical (unpaired) electrons. The molecule has 1 rings (SSSR count). The molecule has 1 aromatic carbocycles. The van der Waals surface area contributed by atoms with Gasteiger partial charge in [0.1, 0.15) is 0 Å². The average molecular weight is 262 g/mol. The van der Waals surface area contributed by atoms with Crippen LogP contribution in [0.4, 0.5) is 0 Å². The second-order valence-corrected chi connectivity index (χ2v) is 5.11. The van der Waals surface area contributed by atoms with Crippen LogP contribution in [0.15, 0.2) is 24.3 Å². The van der Waals surface area contributed by atoms with Crippen molar-refractivity contribution >= 4 is 5.91 Å². The fraction of sp³-hybridized carbons (Fsp3) is 0.562. The smallest absolute Gasteiger partial charge is 0.251 e. The van der Waals surface area contributed by atoms with E-state index in [1.54, 1.807) is 0 Å². The van der Waals surface area contributed by atoms with Crippen molar-refractivity contribution in [3.8, 4) is 0 Å². The Kier molecular flexibility index (Phi) is 7.19. The molecule has 0 bridgehead atoms. The van der Waals surface area contributed by atoms with Gasteiger partial charge < -0.3 is 11.1 Å². The molecule has 106 valence electrons. The zero-order valence-corrected chi connectivity index (χ0v) is 12.1. The molecular formula is C16H26N2O. The van der Waals surface area contributed by atoms with Crippen molar-refractivity contribution in [1.29, 1.82) is 0 Å². The van der Waals surface area contributed by atoms with Crippen LogP contribution >= 0.6 is 0 Å². The predicted molar refractivity (Wildman–Crippen MR) is 80.3 cm³/mol. The van der Waals surface area contributed by atoms with Gasteiger partial charge in [0.25, 0.3) is 5.91 Å². The first-order valence-corrected chi connectivity index (χ1v) is 7.27. The van der Waals surface area contributed by atoms with Crippen LogP contribution < -0.4 is 11.1 Å². The van der Waals surface area contributed by atoms with Gasteiger partial charge in [-0.15, -0.1) is 0 Å². The van der Waals surface area contributed by atoms with E-state index >= 15 is 0 Å². The number of hydrogen-bond acceptors (Lipinski definition) is 2. The van der Waals surface area contributed by atoms with E-state index in [0.717, 1.165) is 24.0 Å². The molecule has 0 saturated heterocycles. The lowest BCUT2D eigenvalue weighted by Gasteiger charge is -2.14. The monoisotopic (exact) mass is 262 g/mol. The van der Waals surface area contributed by atoms with Crippen molar-refractivity contribution in [2.45, 2.75) is 52.0 Å². The number of benzene rings is 1. The van der Waals surface area contributed by atoms with Gasteiger partial charge in [0, 0.05) is 11.6 Å². The Balaban J connectivity index is 2.50. The predicted octanol–water partition coefficient (Wildman–Crippen LogP) is 2.89. The van der Waals surface area contributed by atoms with Crippen LogP contribution in [-0.4, -0.2) is 18.5 Å². The van der Waals surface area contributed by atoms with Gasteiger partial charge in [-0.25, -0.2) is 0 Å². The van der Waals surface area contributed by atoms with E-state index in [2.05, 4.69) is 19.2 Å². The van der Waals surface area contributed by atoms with E-state index in [0.29, 0.717) is 6.54 Å². The maximum Gasteiger partial charge on any atom is 0.251 e. The maximum absolute atomic E-state index is 12.1. The normalized spacial score (nSPS) is 12.2. The lowest BCUT2D eigenvalue weighted by atomic mass is 10.1. The quantitative estimate of drug-likeness (QED) is 0.708. The molecule has 0 aliphatic heterocycles. The van der Waals surface area contributed by atoms with Gasteiger partial charge in [-0.05, 0) is 44.0 Å². The summed E-state index contributed by atoms with van der Waals surface area (Å²) in [7, 11) is 0. The van der Waals surface area contributed by atoms with Gasteiger partial charge in [-0.3, -0.25) is 4.79 Å². The first-order chi connectivity index (χ1) is 9.17. The summed E-state index contributed by atoms with van der Waals surface area (Å²) < 4.78 is 0. The average Bonchev–Trinajstić information content (AvgIpc) is 2.39. The summed E-state index contributed by atoms with van der Waals surface area (Å²) in [5, 5.41) is 3.05. The summed E-state index contributed by atoms with van der Waals surface area (Å²) in [5.41, 5.74) is 7.38. The van der Waals surface area contributed by atoms with Crippen LogP contribution in [0, 0.1) is 0 Å². The van der Waals surface area contributed by atoms with Gasteiger partial charge in [-0.2, -0.15) is 0 Å². The summed E-state index contributed by atoms with van der Waals surface area (Å²) in [6, 6.07) is 7.95. The summed E-state index contributed by atoms with van der Waals surface area (Å²) in [4.78, 5) is 12.1. The highest BCUT2D eigenvalue weighted by Crippen LogP contribution is 2.08. The fourth-order valence-electron chi connectivity index (χ4n) is 2.11. The van der Waals surface area contributed by atoms with Crippen molar-refractivity contribution in [2.75, 3.05) is 6.54 Å². The third kappa shape index (κ3) is 5.88. The largest absolute Gasteiger partial charge is 0.350 e. The van der Waals surface area contributed by atoms with Gasteiger partial charge in [0.2, 0.25) is 0 Å². The van der Waals surface area contributed by atoms with E-state index in [1.165, 1.54) is 19.3 Å². The van der Waals surface area contributed by atoms with Crippen LogP contribution in [0.25, 0.3) is 0 Å². The van der Waals surface area contributed by atoms with Crippen LogP contribution in [0.5, 0.6) is 0 Å². The molecule has 3 nitrogen and oxygen atoms in total. The highest BCUT2D eigenvalue weighted by molar-refractivity contribution is 5.94. The number of hydrogen-bond donors (Lipinski definition) is 2. The van der Waals surface area contributed by atoms with Gasteiger partial charge in [-0.1, -0.05) is 38.3 Å². The van der Waals surface area contributed by atoms with Gasteiger partial charge in [0.05, 0.1) is 0 Å². The zero-order valence-electron chi connectivity index (χ0n) is 12.1. The fourth-order valence-corrected chi connectivity index (χ4v) is 2.11. The Morgan fingerprint density at radius 2 is 2.16 bits per heavy atom. The molecule has 0 aliphatic rings. The number of nitrogens with one attached hydrogen (secondary N) is 1. The number of carbonyl (C=O) groups is 1. The highest BCUT2D eigenvalue weighted by atomic mass is 16.1. The van der Waals surface area contributed by atoms with Crippen molar-refractivity contribution in [3.05, 3.63) is 35.4 Å². The molecule has 0 fully saturated rings. The summed E-state index contributed by atoms with van der Waals surface area (Å²) in [5.74, 6) is 0.0165. The molecule has 0 aromatic heterocycles.